The minimum Gasteiger partial charge on any atom is -0.346 e. The van der Waals surface area contributed by atoms with Gasteiger partial charge in [0.15, 0.2) is 11.6 Å². The fourth-order valence-corrected chi connectivity index (χ4v) is 5.05. The predicted octanol–water partition coefficient (Wildman–Crippen LogP) is 6.28. The summed E-state index contributed by atoms with van der Waals surface area (Å²) in [5.74, 6) is -1.45. The summed E-state index contributed by atoms with van der Waals surface area (Å²) in [7, 11) is 0. The van der Waals surface area contributed by atoms with Crippen LogP contribution in [0.1, 0.15) is 78.4 Å². The number of Topliss-reactive ketones (excluding diaryl/α,β-unsaturated/α-hetero) is 2. The van der Waals surface area contributed by atoms with Gasteiger partial charge in [0.2, 0.25) is 11.8 Å². The summed E-state index contributed by atoms with van der Waals surface area (Å²) < 4.78 is 0. The van der Waals surface area contributed by atoms with Crippen LogP contribution in [0.4, 0.5) is 0 Å². The van der Waals surface area contributed by atoms with E-state index in [9.17, 15) is 19.2 Å². The quantitative estimate of drug-likeness (QED) is 0.205. The van der Waals surface area contributed by atoms with Gasteiger partial charge >= 0.3 is 0 Å². The monoisotopic (exact) mass is 574 g/mol. The Morgan fingerprint density at radius 1 is 0.714 bits per heavy atom. The molecule has 0 aliphatic carbocycles. The highest BCUT2D eigenvalue weighted by Crippen LogP contribution is 2.19. The van der Waals surface area contributed by atoms with Crippen LogP contribution in [0.2, 0.25) is 0 Å². The molecule has 2 amide bonds. The summed E-state index contributed by atoms with van der Waals surface area (Å²) >= 11 is 0. The molecule has 6 nitrogen and oxygen atoms in total. The fraction of sp³-hybridized carbons (Fsp3) is 0.500. The highest BCUT2D eigenvalue weighted by molar-refractivity contribution is 6.01. The van der Waals surface area contributed by atoms with Crippen LogP contribution in [-0.2, 0) is 32.0 Å². The summed E-state index contributed by atoms with van der Waals surface area (Å²) in [6.45, 7) is 15.3. The normalized spacial score (nSPS) is 14.1. The number of nitrogens with one attached hydrogen (secondary N) is 2. The van der Waals surface area contributed by atoms with Gasteiger partial charge in [-0.3, -0.25) is 19.2 Å². The van der Waals surface area contributed by atoms with E-state index in [1.165, 1.54) is 5.56 Å². The van der Waals surface area contributed by atoms with Crippen molar-refractivity contribution in [3.8, 4) is 0 Å². The molecule has 0 spiro atoms. The summed E-state index contributed by atoms with van der Waals surface area (Å²) in [5, 5.41) is 5.94. The van der Waals surface area contributed by atoms with E-state index in [4.69, 9.17) is 0 Å². The molecule has 228 valence electrons. The van der Waals surface area contributed by atoms with Gasteiger partial charge in [-0.05, 0) is 67.6 Å². The molecule has 42 heavy (non-hydrogen) atoms. The molecule has 2 aromatic carbocycles. The summed E-state index contributed by atoms with van der Waals surface area (Å²) in [5.41, 5.74) is 2.48. The topological polar surface area (TPSA) is 92.3 Å². The van der Waals surface area contributed by atoms with Gasteiger partial charge in [-0.25, -0.2) is 0 Å². The number of carbonyl (C=O) groups is 4. The molecule has 0 bridgehead atoms. The van der Waals surface area contributed by atoms with Crippen molar-refractivity contribution in [3.05, 3.63) is 83.9 Å². The van der Waals surface area contributed by atoms with E-state index in [1.807, 2.05) is 95.3 Å². The molecule has 0 aliphatic heterocycles. The number of carbonyl (C=O) groups excluding carboxylic acids is 4. The number of hydrogen-bond donors (Lipinski definition) is 2. The molecule has 2 rings (SSSR count). The molecule has 2 aromatic rings. The molecule has 6 heteroatoms. The Hall–Kier alpha value is -3.54. The van der Waals surface area contributed by atoms with E-state index >= 15 is 0 Å². The molecular weight excluding hydrogens is 524 g/mol. The predicted molar refractivity (Wildman–Crippen MR) is 170 cm³/mol. The number of aryl methyl sites for hydroxylation is 1. The summed E-state index contributed by atoms with van der Waals surface area (Å²) in [6.07, 6.45) is 2.73. The Morgan fingerprint density at radius 2 is 1.21 bits per heavy atom. The Balaban J connectivity index is 2.20. The van der Waals surface area contributed by atoms with Gasteiger partial charge in [0.05, 0.1) is 12.1 Å². The maximum absolute atomic E-state index is 13.8. The Labute approximate surface area is 252 Å². The lowest BCUT2D eigenvalue weighted by molar-refractivity contribution is -0.134. The molecule has 4 atom stereocenters. The Morgan fingerprint density at radius 3 is 1.74 bits per heavy atom. The van der Waals surface area contributed by atoms with Crippen LogP contribution in [0.5, 0.6) is 0 Å². The van der Waals surface area contributed by atoms with Crippen molar-refractivity contribution in [3.63, 3.8) is 0 Å². The average molecular weight is 575 g/mol. The zero-order chi connectivity index (χ0) is 31.2. The van der Waals surface area contributed by atoms with Crippen LogP contribution in [0, 0.1) is 23.7 Å². The third-order valence-corrected chi connectivity index (χ3v) is 7.47. The number of benzene rings is 2. The molecule has 0 aromatic heterocycles. The minimum absolute atomic E-state index is 0.0353. The average Bonchev–Trinajstić information content (AvgIpc) is 2.94. The first-order chi connectivity index (χ1) is 19.9. The van der Waals surface area contributed by atoms with Crippen molar-refractivity contribution in [2.45, 2.75) is 92.2 Å². The first kappa shape index (κ1) is 34.7. The first-order valence-corrected chi connectivity index (χ1v) is 15.3. The van der Waals surface area contributed by atoms with Crippen molar-refractivity contribution in [2.24, 2.45) is 23.7 Å². The fourth-order valence-electron chi connectivity index (χ4n) is 5.05. The minimum atomic E-state index is -0.694. The zero-order valence-corrected chi connectivity index (χ0v) is 26.3. The SMILES string of the molecule is C=C(C)C(=O)[C@H](CC(C)C)NC(=O)[C@@H](CC(=O)[C@H](CC(C)C)NC(=O)[C@@H](C)CCc1ccccc1)Cc1ccccc1. The number of amides is 2. The van der Waals surface area contributed by atoms with Crippen LogP contribution < -0.4 is 10.6 Å². The highest BCUT2D eigenvalue weighted by Gasteiger charge is 2.31. The van der Waals surface area contributed by atoms with Crippen LogP contribution in [0.3, 0.4) is 0 Å². The molecule has 0 saturated heterocycles. The molecule has 0 unspecified atom stereocenters. The molecule has 2 N–H and O–H groups in total. The maximum atomic E-state index is 13.8. The van der Waals surface area contributed by atoms with E-state index in [0.717, 1.165) is 12.0 Å². The van der Waals surface area contributed by atoms with E-state index < -0.39 is 18.0 Å². The first-order valence-electron chi connectivity index (χ1n) is 15.3. The van der Waals surface area contributed by atoms with Gasteiger partial charge in [-0.1, -0.05) is 102 Å². The van der Waals surface area contributed by atoms with Crippen molar-refractivity contribution >= 4 is 23.4 Å². The number of ketones is 2. The number of hydrogen-bond acceptors (Lipinski definition) is 4. The van der Waals surface area contributed by atoms with Crippen molar-refractivity contribution in [2.75, 3.05) is 0 Å². The van der Waals surface area contributed by atoms with E-state index in [0.29, 0.717) is 31.3 Å². The second kappa shape index (κ2) is 17.4. The van der Waals surface area contributed by atoms with Crippen molar-refractivity contribution < 1.29 is 19.2 Å². The van der Waals surface area contributed by atoms with Gasteiger partial charge in [-0.15, -0.1) is 0 Å². The highest BCUT2D eigenvalue weighted by atomic mass is 16.2. The second-order valence-electron chi connectivity index (χ2n) is 12.5. The summed E-state index contributed by atoms with van der Waals surface area (Å²) in [4.78, 5) is 53.4. The van der Waals surface area contributed by atoms with Crippen LogP contribution in [-0.4, -0.2) is 35.5 Å². The third-order valence-electron chi connectivity index (χ3n) is 7.47. The smallest absolute Gasteiger partial charge is 0.224 e. The van der Waals surface area contributed by atoms with E-state index in [1.54, 1.807) is 6.92 Å². The van der Waals surface area contributed by atoms with Gasteiger partial charge < -0.3 is 10.6 Å². The number of rotatable bonds is 18. The third kappa shape index (κ3) is 12.1. The van der Waals surface area contributed by atoms with Gasteiger partial charge in [-0.2, -0.15) is 0 Å². The van der Waals surface area contributed by atoms with E-state index in [2.05, 4.69) is 17.2 Å². The van der Waals surface area contributed by atoms with Gasteiger partial charge in [0.25, 0.3) is 0 Å². The maximum Gasteiger partial charge on any atom is 0.224 e. The van der Waals surface area contributed by atoms with Crippen LogP contribution >= 0.6 is 0 Å². The lowest BCUT2D eigenvalue weighted by Crippen LogP contribution is -2.48. The van der Waals surface area contributed by atoms with Gasteiger partial charge in [0, 0.05) is 18.3 Å². The Bertz CT molecular complexity index is 1170. The largest absolute Gasteiger partial charge is 0.346 e. The Kier molecular flexibility index (Phi) is 14.4. The van der Waals surface area contributed by atoms with Crippen molar-refractivity contribution in [1.29, 1.82) is 0 Å². The van der Waals surface area contributed by atoms with E-state index in [-0.39, 0.29) is 47.6 Å². The molecule has 0 aliphatic rings. The standard InChI is InChI=1S/C36H50N2O4/c1-24(2)20-31(37-35(41)27(7)18-19-28-14-10-8-11-15-28)33(39)23-30(22-29-16-12-9-13-17-29)36(42)38-32(21-25(3)4)34(40)26(5)6/h8-17,24-25,27,30-32H,5,18-23H2,1-4,6-7H3,(H,37,41)(H,38,42)/t27-,30+,31-,32-/m0/s1. The molecule has 0 fully saturated rings. The molecular formula is C36H50N2O4. The lowest BCUT2D eigenvalue weighted by Gasteiger charge is -2.26. The van der Waals surface area contributed by atoms with Crippen LogP contribution in [0.15, 0.2) is 72.8 Å². The molecule has 0 heterocycles. The molecule has 0 saturated carbocycles. The van der Waals surface area contributed by atoms with Gasteiger partial charge in [0.1, 0.15) is 0 Å². The van der Waals surface area contributed by atoms with Crippen LogP contribution in [0.25, 0.3) is 0 Å². The lowest BCUT2D eigenvalue weighted by atomic mass is 9.88. The summed E-state index contributed by atoms with van der Waals surface area (Å²) in [6, 6.07) is 18.2. The zero-order valence-electron chi connectivity index (χ0n) is 26.3. The van der Waals surface area contributed by atoms with Crippen molar-refractivity contribution in [1.82, 2.24) is 10.6 Å². The molecule has 0 radical (unpaired) electrons. The second-order valence-corrected chi connectivity index (χ2v) is 12.5.